The molecule has 1 heterocycles. The van der Waals surface area contributed by atoms with E-state index >= 15 is 0 Å². The van der Waals surface area contributed by atoms with Crippen molar-refractivity contribution in [2.24, 2.45) is 5.92 Å². The van der Waals surface area contributed by atoms with Gasteiger partial charge in [0.15, 0.2) is 0 Å². The van der Waals surface area contributed by atoms with E-state index in [0.29, 0.717) is 6.29 Å². The van der Waals surface area contributed by atoms with Crippen LogP contribution in [0.1, 0.15) is 26.7 Å². The molecule has 0 aliphatic carbocycles. The SMILES string of the molecule is CC(C)C(C=O)NC(=O)CCN1C(=O)CC(S)C1=O. The maximum Gasteiger partial charge on any atom is 0.242 e. The molecule has 0 saturated carbocycles. The minimum absolute atomic E-state index is 0.00155. The summed E-state index contributed by atoms with van der Waals surface area (Å²) in [5, 5.41) is 1.95. The maximum atomic E-state index is 11.6. The molecule has 1 fully saturated rings. The average Bonchev–Trinajstić information content (AvgIpc) is 2.58. The van der Waals surface area contributed by atoms with Gasteiger partial charge in [-0.15, -0.1) is 0 Å². The van der Waals surface area contributed by atoms with Crippen LogP contribution in [0.15, 0.2) is 0 Å². The predicted octanol–water partition coefficient (Wildman–Crippen LogP) is -0.226. The Kier molecular flexibility index (Phi) is 5.53. The summed E-state index contributed by atoms with van der Waals surface area (Å²) in [7, 11) is 0. The van der Waals surface area contributed by atoms with Crippen LogP contribution in [0.25, 0.3) is 0 Å². The topological polar surface area (TPSA) is 83.6 Å². The van der Waals surface area contributed by atoms with Crippen molar-refractivity contribution in [3.8, 4) is 0 Å². The average molecular weight is 286 g/mol. The van der Waals surface area contributed by atoms with Crippen molar-refractivity contribution >= 4 is 36.6 Å². The zero-order valence-corrected chi connectivity index (χ0v) is 11.9. The van der Waals surface area contributed by atoms with Crippen LogP contribution in [0.3, 0.4) is 0 Å². The van der Waals surface area contributed by atoms with Crippen LogP contribution in [-0.4, -0.2) is 46.7 Å². The third kappa shape index (κ3) is 4.05. The van der Waals surface area contributed by atoms with E-state index in [-0.39, 0.29) is 43.0 Å². The van der Waals surface area contributed by atoms with Crippen LogP contribution in [0.4, 0.5) is 0 Å². The quantitative estimate of drug-likeness (QED) is 0.401. The Morgan fingerprint density at radius 1 is 1.53 bits per heavy atom. The molecule has 106 valence electrons. The highest BCUT2D eigenvalue weighted by Gasteiger charge is 2.36. The van der Waals surface area contributed by atoms with Crippen LogP contribution in [-0.2, 0) is 19.2 Å². The Bertz CT molecular complexity index is 397. The van der Waals surface area contributed by atoms with Crippen molar-refractivity contribution in [2.75, 3.05) is 6.54 Å². The van der Waals surface area contributed by atoms with Gasteiger partial charge in [-0.1, -0.05) is 13.8 Å². The molecular formula is C12H18N2O4S. The predicted molar refractivity (Wildman–Crippen MR) is 71.6 cm³/mol. The fraction of sp³-hybridized carbons (Fsp3) is 0.667. The number of carbonyl (C=O) groups is 4. The molecule has 0 bridgehead atoms. The fourth-order valence-electron chi connectivity index (χ4n) is 1.73. The van der Waals surface area contributed by atoms with Gasteiger partial charge in [0.1, 0.15) is 6.29 Å². The second-order valence-corrected chi connectivity index (χ2v) is 5.45. The second-order valence-electron chi connectivity index (χ2n) is 4.83. The first-order chi connectivity index (χ1) is 8.86. The number of aldehydes is 1. The lowest BCUT2D eigenvalue weighted by Crippen LogP contribution is -2.41. The molecule has 2 unspecified atom stereocenters. The van der Waals surface area contributed by atoms with Gasteiger partial charge < -0.3 is 10.1 Å². The van der Waals surface area contributed by atoms with Crippen molar-refractivity contribution in [1.82, 2.24) is 10.2 Å². The molecule has 0 radical (unpaired) electrons. The van der Waals surface area contributed by atoms with E-state index in [1.54, 1.807) is 0 Å². The van der Waals surface area contributed by atoms with Crippen molar-refractivity contribution in [3.05, 3.63) is 0 Å². The number of thiol groups is 1. The molecule has 0 spiro atoms. The number of nitrogens with one attached hydrogen (secondary N) is 1. The highest BCUT2D eigenvalue weighted by atomic mass is 32.1. The summed E-state index contributed by atoms with van der Waals surface area (Å²) in [5.74, 6) is -1.03. The molecule has 0 aromatic heterocycles. The first-order valence-corrected chi connectivity index (χ1v) is 6.65. The number of nitrogens with zero attached hydrogens (tertiary/aromatic N) is 1. The fourth-order valence-corrected chi connectivity index (χ4v) is 2.03. The summed E-state index contributed by atoms with van der Waals surface area (Å²) >= 11 is 3.99. The minimum Gasteiger partial charge on any atom is -0.346 e. The van der Waals surface area contributed by atoms with Gasteiger partial charge >= 0.3 is 0 Å². The number of imide groups is 1. The summed E-state index contributed by atoms with van der Waals surface area (Å²) in [6.45, 7) is 3.67. The van der Waals surface area contributed by atoms with Gasteiger partial charge in [0.2, 0.25) is 17.7 Å². The van der Waals surface area contributed by atoms with Gasteiger partial charge in [-0.25, -0.2) is 0 Å². The molecule has 7 heteroatoms. The van der Waals surface area contributed by atoms with Gasteiger partial charge in [0, 0.05) is 19.4 Å². The van der Waals surface area contributed by atoms with Crippen LogP contribution in [0.5, 0.6) is 0 Å². The first kappa shape index (κ1) is 15.7. The Balaban J connectivity index is 2.44. The highest BCUT2D eigenvalue weighted by molar-refractivity contribution is 7.81. The molecule has 1 aliphatic rings. The van der Waals surface area contributed by atoms with Crippen LogP contribution in [0.2, 0.25) is 0 Å². The van der Waals surface area contributed by atoms with Gasteiger partial charge in [-0.2, -0.15) is 12.6 Å². The van der Waals surface area contributed by atoms with Crippen molar-refractivity contribution in [2.45, 2.75) is 38.0 Å². The van der Waals surface area contributed by atoms with Gasteiger partial charge in [-0.05, 0) is 5.92 Å². The Morgan fingerprint density at radius 2 is 2.16 bits per heavy atom. The summed E-state index contributed by atoms with van der Waals surface area (Å²) in [5.41, 5.74) is 0. The Labute approximate surface area is 117 Å². The number of hydrogen-bond acceptors (Lipinski definition) is 5. The standard InChI is InChI=1S/C12H18N2O4S/c1-7(2)8(6-15)13-10(16)3-4-14-11(17)5-9(19)12(14)18/h6-9,19H,3-5H2,1-2H3,(H,13,16). The van der Waals surface area contributed by atoms with Crippen molar-refractivity contribution in [1.29, 1.82) is 0 Å². The van der Waals surface area contributed by atoms with Crippen LogP contribution >= 0.6 is 12.6 Å². The molecule has 3 amide bonds. The number of likely N-dealkylation sites (tertiary alicyclic amines) is 1. The van der Waals surface area contributed by atoms with Crippen molar-refractivity contribution < 1.29 is 19.2 Å². The van der Waals surface area contributed by atoms with Crippen molar-refractivity contribution in [3.63, 3.8) is 0 Å². The van der Waals surface area contributed by atoms with E-state index in [9.17, 15) is 19.2 Å². The van der Waals surface area contributed by atoms with E-state index in [4.69, 9.17) is 0 Å². The van der Waals surface area contributed by atoms with E-state index < -0.39 is 11.3 Å². The molecule has 0 aromatic rings. The normalized spacial score (nSPS) is 20.8. The van der Waals surface area contributed by atoms with E-state index in [2.05, 4.69) is 17.9 Å². The van der Waals surface area contributed by atoms with E-state index in [1.165, 1.54) is 0 Å². The van der Waals surface area contributed by atoms with Gasteiger partial charge in [-0.3, -0.25) is 19.3 Å². The zero-order valence-electron chi connectivity index (χ0n) is 11.0. The molecule has 0 aromatic carbocycles. The number of amides is 3. The van der Waals surface area contributed by atoms with Crippen LogP contribution < -0.4 is 5.32 Å². The molecule has 1 aliphatic heterocycles. The monoisotopic (exact) mass is 286 g/mol. The van der Waals surface area contributed by atoms with E-state index in [1.807, 2.05) is 13.8 Å². The molecule has 1 N–H and O–H groups in total. The molecule has 6 nitrogen and oxygen atoms in total. The summed E-state index contributed by atoms with van der Waals surface area (Å²) in [4.78, 5) is 46.4. The molecule has 1 rings (SSSR count). The molecule has 19 heavy (non-hydrogen) atoms. The summed E-state index contributed by atoms with van der Waals surface area (Å²) in [6, 6.07) is -0.546. The number of rotatable bonds is 6. The number of carbonyl (C=O) groups excluding carboxylic acids is 4. The number of hydrogen-bond donors (Lipinski definition) is 2. The lowest BCUT2D eigenvalue weighted by molar-refractivity contribution is -0.138. The largest absolute Gasteiger partial charge is 0.346 e. The van der Waals surface area contributed by atoms with Gasteiger partial charge in [0.25, 0.3) is 0 Å². The van der Waals surface area contributed by atoms with E-state index in [0.717, 1.165) is 4.90 Å². The van der Waals surface area contributed by atoms with Gasteiger partial charge in [0.05, 0.1) is 11.3 Å². The summed E-state index contributed by atoms with van der Waals surface area (Å²) < 4.78 is 0. The lowest BCUT2D eigenvalue weighted by atomic mass is 10.1. The molecule has 1 saturated heterocycles. The third-order valence-electron chi connectivity index (χ3n) is 2.98. The summed E-state index contributed by atoms with van der Waals surface area (Å²) in [6.07, 6.45) is 0.750. The smallest absolute Gasteiger partial charge is 0.242 e. The molecule has 2 atom stereocenters. The highest BCUT2D eigenvalue weighted by Crippen LogP contribution is 2.17. The second kappa shape index (κ2) is 6.70. The molecular weight excluding hydrogens is 268 g/mol. The third-order valence-corrected chi connectivity index (χ3v) is 3.38. The van der Waals surface area contributed by atoms with Crippen LogP contribution in [0, 0.1) is 5.92 Å². The maximum absolute atomic E-state index is 11.6. The zero-order chi connectivity index (χ0) is 14.6. The Morgan fingerprint density at radius 3 is 2.58 bits per heavy atom. The Hall–Kier alpha value is -1.37. The lowest BCUT2D eigenvalue weighted by Gasteiger charge is -2.18. The first-order valence-electron chi connectivity index (χ1n) is 6.13. The minimum atomic E-state index is -0.603.